The van der Waals surface area contributed by atoms with E-state index in [4.69, 9.17) is 0 Å². The third-order valence-electron chi connectivity index (χ3n) is 4.66. The number of rotatable bonds is 9. The second-order valence-corrected chi connectivity index (χ2v) is 6.56. The highest BCUT2D eigenvalue weighted by molar-refractivity contribution is 5.62. The molecule has 0 aliphatic carbocycles. The molecular weight excluding hydrogens is 328 g/mol. The van der Waals surface area contributed by atoms with E-state index in [1.807, 2.05) is 35.0 Å². The van der Waals surface area contributed by atoms with Crippen molar-refractivity contribution in [3.63, 3.8) is 0 Å². The van der Waals surface area contributed by atoms with E-state index in [9.17, 15) is 10.1 Å². The summed E-state index contributed by atoms with van der Waals surface area (Å²) in [6.07, 6.45) is 13.3. The average molecular weight is 353 g/mol. The number of hydrogen-bond donors (Lipinski definition) is 0. The van der Waals surface area contributed by atoms with Gasteiger partial charge in [0.05, 0.1) is 17.7 Å². The first-order valence-electron chi connectivity index (χ1n) is 9.31. The van der Waals surface area contributed by atoms with Crippen molar-refractivity contribution in [3.05, 3.63) is 59.0 Å². The fraction of sp³-hybridized carbons (Fsp3) is 0.400. The smallest absolute Gasteiger partial charge is 0.258 e. The van der Waals surface area contributed by atoms with Gasteiger partial charge in [-0.25, -0.2) is 8.97 Å². The van der Waals surface area contributed by atoms with Crippen molar-refractivity contribution in [2.24, 2.45) is 0 Å². The van der Waals surface area contributed by atoms with Crippen LogP contribution in [-0.2, 0) is 6.54 Å². The molecule has 0 aliphatic rings. The lowest BCUT2D eigenvalue weighted by atomic mass is 10.1. The molecule has 0 radical (unpaired) electrons. The molecule has 0 saturated heterocycles. The van der Waals surface area contributed by atoms with Gasteiger partial charge < -0.3 is 0 Å². The van der Waals surface area contributed by atoms with Crippen molar-refractivity contribution in [1.29, 1.82) is 0 Å². The summed E-state index contributed by atoms with van der Waals surface area (Å²) >= 11 is 0. The maximum absolute atomic E-state index is 10.9. The first-order valence-corrected chi connectivity index (χ1v) is 9.31. The number of hydrogen-bond acceptors (Lipinski definition) is 3. The molecule has 2 aromatic heterocycles. The van der Waals surface area contributed by atoms with Crippen molar-refractivity contribution in [1.82, 2.24) is 9.55 Å². The van der Waals surface area contributed by atoms with Gasteiger partial charge in [0.2, 0.25) is 0 Å². The van der Waals surface area contributed by atoms with E-state index in [0.29, 0.717) is 0 Å². The molecule has 0 saturated carbocycles. The number of aromatic nitrogens is 3. The highest BCUT2D eigenvalue weighted by Gasteiger charge is 2.19. The maximum atomic E-state index is 10.9. The van der Waals surface area contributed by atoms with E-state index in [0.717, 1.165) is 30.0 Å². The molecule has 0 aliphatic heterocycles. The number of benzene rings is 1. The largest absolute Gasteiger partial charge is 0.403 e. The Morgan fingerprint density at radius 1 is 1.12 bits per heavy atom. The zero-order valence-corrected chi connectivity index (χ0v) is 15.2. The summed E-state index contributed by atoms with van der Waals surface area (Å²) in [6.45, 7) is 3.12. The Morgan fingerprint density at radius 3 is 2.58 bits per heavy atom. The van der Waals surface area contributed by atoms with Gasteiger partial charge in [0.25, 0.3) is 5.69 Å². The van der Waals surface area contributed by atoms with Crippen LogP contribution in [0.2, 0.25) is 0 Å². The zero-order chi connectivity index (χ0) is 18.4. The van der Waals surface area contributed by atoms with Crippen molar-refractivity contribution >= 4 is 11.5 Å². The van der Waals surface area contributed by atoms with E-state index in [2.05, 4.69) is 16.5 Å². The number of nitro benzene ring substituents is 1. The van der Waals surface area contributed by atoms with E-state index in [1.54, 1.807) is 18.3 Å². The first-order chi connectivity index (χ1) is 12.7. The first kappa shape index (κ1) is 18.0. The Hall–Kier alpha value is -2.76. The van der Waals surface area contributed by atoms with Crippen LogP contribution in [0, 0.1) is 10.1 Å². The minimum atomic E-state index is -0.369. The summed E-state index contributed by atoms with van der Waals surface area (Å²) in [7, 11) is 0. The lowest BCUT2D eigenvalue weighted by Crippen LogP contribution is -2.19. The van der Waals surface area contributed by atoms with Crippen LogP contribution < -0.4 is 4.40 Å². The Labute approximate surface area is 153 Å². The van der Waals surface area contributed by atoms with Crippen LogP contribution in [0.3, 0.4) is 0 Å². The molecule has 0 fully saturated rings. The fourth-order valence-electron chi connectivity index (χ4n) is 3.25. The maximum Gasteiger partial charge on any atom is 0.403 e. The molecule has 136 valence electrons. The van der Waals surface area contributed by atoms with Crippen molar-refractivity contribution < 1.29 is 9.32 Å². The standard InChI is InChI=1S/C20H25N4O2/c1-2-3-4-5-6-7-15-23-19(16-22-14-8-13-21-20(22)23)17-9-11-18(12-10-17)24(25)26/h8-14,16H,2-7,15H2,1H3/q+1. The van der Waals surface area contributed by atoms with Gasteiger partial charge in [-0.05, 0) is 18.6 Å². The minimum absolute atomic E-state index is 0.109. The van der Waals surface area contributed by atoms with Gasteiger partial charge in [0, 0.05) is 23.8 Å². The van der Waals surface area contributed by atoms with Gasteiger partial charge in [-0.15, -0.1) is 0 Å². The Balaban J connectivity index is 1.83. The molecule has 0 unspecified atom stereocenters. The van der Waals surface area contributed by atoms with Crippen molar-refractivity contribution in [2.75, 3.05) is 0 Å². The van der Waals surface area contributed by atoms with Crippen molar-refractivity contribution in [2.45, 2.75) is 52.0 Å². The number of imidazole rings is 1. The topological polar surface area (TPSA) is 65.1 Å². The van der Waals surface area contributed by atoms with E-state index < -0.39 is 0 Å². The van der Waals surface area contributed by atoms with E-state index in [1.165, 1.54) is 32.1 Å². The van der Waals surface area contributed by atoms with Gasteiger partial charge in [0.15, 0.2) is 0 Å². The number of aryl methyl sites for hydroxylation is 1. The van der Waals surface area contributed by atoms with Crippen LogP contribution in [0.25, 0.3) is 17.0 Å². The second-order valence-electron chi connectivity index (χ2n) is 6.56. The minimum Gasteiger partial charge on any atom is -0.258 e. The summed E-state index contributed by atoms with van der Waals surface area (Å²) in [4.78, 5) is 15.0. The third-order valence-corrected chi connectivity index (χ3v) is 4.66. The predicted molar refractivity (Wildman–Crippen MR) is 101 cm³/mol. The Kier molecular flexibility index (Phi) is 5.94. The number of nitrogens with zero attached hydrogens (tertiary/aromatic N) is 4. The normalized spacial score (nSPS) is 11.1. The molecule has 6 heteroatoms. The van der Waals surface area contributed by atoms with Gasteiger partial charge in [-0.2, -0.15) is 0 Å². The highest BCUT2D eigenvalue weighted by Crippen LogP contribution is 2.23. The van der Waals surface area contributed by atoms with Crippen LogP contribution in [0.5, 0.6) is 0 Å². The second kappa shape index (κ2) is 8.56. The number of fused-ring (bicyclic) bond motifs is 1. The van der Waals surface area contributed by atoms with Crippen molar-refractivity contribution in [3.8, 4) is 11.3 Å². The van der Waals surface area contributed by atoms with Gasteiger partial charge in [-0.1, -0.05) is 44.0 Å². The van der Waals surface area contributed by atoms with Crippen LogP contribution in [0.4, 0.5) is 5.69 Å². The number of nitro groups is 1. The molecule has 0 atom stereocenters. The number of unbranched alkanes of at least 4 members (excludes halogenated alkanes) is 5. The monoisotopic (exact) mass is 353 g/mol. The van der Waals surface area contributed by atoms with Gasteiger partial charge in [-0.3, -0.25) is 10.1 Å². The molecule has 26 heavy (non-hydrogen) atoms. The quantitative estimate of drug-likeness (QED) is 0.245. The predicted octanol–water partition coefficient (Wildman–Crippen LogP) is 4.56. The Morgan fingerprint density at radius 2 is 1.85 bits per heavy atom. The summed E-state index contributed by atoms with van der Waals surface area (Å²) in [6, 6.07) is 8.64. The molecule has 3 aromatic rings. The van der Waals surface area contributed by atoms with Gasteiger partial charge >= 0.3 is 5.78 Å². The van der Waals surface area contributed by atoms with Crippen LogP contribution in [0.1, 0.15) is 45.4 Å². The fourth-order valence-corrected chi connectivity index (χ4v) is 3.25. The van der Waals surface area contributed by atoms with Crippen LogP contribution in [0.15, 0.2) is 48.9 Å². The molecular formula is C20H25N4O2+. The third kappa shape index (κ3) is 4.07. The van der Waals surface area contributed by atoms with Crippen LogP contribution in [-0.4, -0.2) is 14.5 Å². The molecule has 0 N–H and O–H groups in total. The van der Waals surface area contributed by atoms with E-state index in [-0.39, 0.29) is 10.6 Å². The summed E-state index contributed by atoms with van der Waals surface area (Å²) < 4.78 is 4.22. The molecule has 2 heterocycles. The molecule has 0 spiro atoms. The lowest BCUT2D eigenvalue weighted by molar-refractivity contribution is -0.513. The SMILES string of the molecule is CCCCCCCCn1c(-c2ccc([N+](=O)[O-])cc2)c[n+]2cccnc12. The highest BCUT2D eigenvalue weighted by atomic mass is 16.6. The lowest BCUT2D eigenvalue weighted by Gasteiger charge is -2.04. The summed E-state index contributed by atoms with van der Waals surface area (Å²) in [5.74, 6) is 0.898. The molecule has 0 bridgehead atoms. The van der Waals surface area contributed by atoms with E-state index >= 15 is 0 Å². The molecule has 3 rings (SSSR count). The number of non-ortho nitro benzene ring substituents is 1. The van der Waals surface area contributed by atoms with Gasteiger partial charge in [0.1, 0.15) is 18.1 Å². The summed E-state index contributed by atoms with van der Waals surface area (Å²) in [5, 5.41) is 10.9. The average Bonchev–Trinajstić information content (AvgIpc) is 3.03. The molecule has 6 nitrogen and oxygen atoms in total. The Bertz CT molecular complexity index is 871. The molecule has 1 aromatic carbocycles. The zero-order valence-electron chi connectivity index (χ0n) is 15.2. The summed E-state index contributed by atoms with van der Waals surface area (Å²) in [5.41, 5.74) is 2.11. The molecule has 0 amide bonds. The van der Waals surface area contributed by atoms with Crippen LogP contribution >= 0.6 is 0 Å².